The number of aromatic amines is 2. The van der Waals surface area contributed by atoms with E-state index < -0.39 is 40.9 Å². The first-order valence-corrected chi connectivity index (χ1v) is 10.9. The van der Waals surface area contributed by atoms with Crippen molar-refractivity contribution in [2.24, 2.45) is 0 Å². The van der Waals surface area contributed by atoms with Crippen LogP contribution in [0.4, 0.5) is 0 Å². The van der Waals surface area contributed by atoms with Crippen LogP contribution in [0.1, 0.15) is 52.5 Å². The number of hydrogen-bond donors (Lipinski definition) is 3. The molecule has 0 amide bonds. The lowest BCUT2D eigenvalue weighted by Gasteiger charge is -2.25. The third-order valence-electron chi connectivity index (χ3n) is 6.40. The van der Waals surface area contributed by atoms with Gasteiger partial charge in [-0.05, 0) is 24.1 Å². The van der Waals surface area contributed by atoms with Crippen molar-refractivity contribution >= 4 is 50.9 Å². The van der Waals surface area contributed by atoms with E-state index >= 15 is 0 Å². The highest BCUT2D eigenvalue weighted by Crippen LogP contribution is 2.40. The first kappa shape index (κ1) is 21.5. The zero-order chi connectivity index (χ0) is 24.1. The van der Waals surface area contributed by atoms with Crippen molar-refractivity contribution in [2.75, 3.05) is 0 Å². The molecular weight excluding hydrogens is 436 g/mol. The van der Waals surface area contributed by atoms with E-state index in [9.17, 15) is 29.1 Å². The highest BCUT2D eigenvalue weighted by Gasteiger charge is 2.52. The topological polar surface area (TPSA) is 137 Å². The molecule has 3 N–H and O–H groups in total. The van der Waals surface area contributed by atoms with Crippen molar-refractivity contribution < 1.29 is 29.1 Å². The van der Waals surface area contributed by atoms with Gasteiger partial charge in [-0.1, -0.05) is 49.7 Å². The number of para-hydroxylation sites is 2. The Hall–Kier alpha value is -4.33. The van der Waals surface area contributed by atoms with Crippen LogP contribution in [0.25, 0.3) is 21.8 Å². The molecule has 1 aliphatic rings. The highest BCUT2D eigenvalue weighted by atomic mass is 16.4. The van der Waals surface area contributed by atoms with Gasteiger partial charge < -0.3 is 15.1 Å². The van der Waals surface area contributed by atoms with Gasteiger partial charge in [0.25, 0.3) is 0 Å². The van der Waals surface area contributed by atoms with Gasteiger partial charge in [-0.25, -0.2) is 4.79 Å². The predicted molar refractivity (Wildman–Crippen MR) is 123 cm³/mol. The van der Waals surface area contributed by atoms with Crippen molar-refractivity contribution in [1.82, 2.24) is 9.97 Å². The molecule has 4 aromatic rings. The normalized spacial score (nSPS) is 18.9. The molecule has 0 spiro atoms. The van der Waals surface area contributed by atoms with E-state index in [2.05, 4.69) is 9.97 Å². The molecule has 0 atom stereocenters. The van der Waals surface area contributed by atoms with E-state index in [0.717, 1.165) is 6.42 Å². The molecule has 0 aliphatic heterocycles. The highest BCUT2D eigenvalue weighted by molar-refractivity contribution is 6.64. The number of carbonyl (C=O) groups is 5. The number of aromatic carboxylic acids is 1. The average molecular weight is 456 g/mol. The predicted octanol–water partition coefficient (Wildman–Crippen LogP) is 3.46. The van der Waals surface area contributed by atoms with Crippen molar-refractivity contribution in [3.8, 4) is 0 Å². The number of H-pyrrole nitrogens is 2. The van der Waals surface area contributed by atoms with Crippen LogP contribution in [0.15, 0.2) is 48.5 Å². The fraction of sp³-hybridized carbons (Fsp3) is 0.192. The summed E-state index contributed by atoms with van der Waals surface area (Å²) in [6.07, 6.45) is 1.25. The fourth-order valence-electron chi connectivity index (χ4n) is 4.96. The number of carbonyl (C=O) groups excluding carboxylic acids is 4. The summed E-state index contributed by atoms with van der Waals surface area (Å²) in [6, 6.07) is 13.5. The first-order valence-electron chi connectivity index (χ1n) is 10.9. The lowest BCUT2D eigenvalue weighted by atomic mass is 9.71. The molecule has 2 aromatic heterocycles. The van der Waals surface area contributed by atoms with E-state index in [4.69, 9.17) is 0 Å². The van der Waals surface area contributed by atoms with E-state index in [0.29, 0.717) is 39.5 Å². The first-order chi connectivity index (χ1) is 16.3. The van der Waals surface area contributed by atoms with Crippen LogP contribution in [0, 0.1) is 0 Å². The molecule has 2 aromatic carbocycles. The molecule has 2 heterocycles. The maximum absolute atomic E-state index is 13.4. The van der Waals surface area contributed by atoms with Crippen LogP contribution < -0.4 is 0 Å². The lowest BCUT2D eigenvalue weighted by molar-refractivity contribution is -0.150. The number of aryl methyl sites for hydroxylation is 1. The Labute approximate surface area is 193 Å². The van der Waals surface area contributed by atoms with Gasteiger partial charge >= 0.3 is 5.97 Å². The number of rotatable bonds is 5. The molecule has 34 heavy (non-hydrogen) atoms. The lowest BCUT2D eigenvalue weighted by Crippen LogP contribution is -2.46. The van der Waals surface area contributed by atoms with Crippen LogP contribution in [0.5, 0.6) is 0 Å². The molecule has 1 saturated carbocycles. The van der Waals surface area contributed by atoms with Gasteiger partial charge in [-0.15, -0.1) is 0 Å². The number of hydrogen-bond acceptors (Lipinski definition) is 5. The van der Waals surface area contributed by atoms with Crippen molar-refractivity contribution in [1.29, 1.82) is 0 Å². The van der Waals surface area contributed by atoms with Crippen LogP contribution in [0.2, 0.25) is 0 Å². The van der Waals surface area contributed by atoms with Gasteiger partial charge in [-0.2, -0.15) is 0 Å². The van der Waals surface area contributed by atoms with Gasteiger partial charge in [0, 0.05) is 33.1 Å². The van der Waals surface area contributed by atoms with E-state index in [-0.39, 0.29) is 11.3 Å². The van der Waals surface area contributed by atoms with E-state index in [1.807, 2.05) is 6.92 Å². The number of ketones is 4. The SMILES string of the molecule is CCCc1[nH]c2ccccc2c1C1C(=O)C(=O)C(c2c(C(=O)O)[nH]c3ccccc23)C(=O)C1=O. The zero-order valence-corrected chi connectivity index (χ0v) is 18.2. The molecule has 1 aliphatic carbocycles. The minimum Gasteiger partial charge on any atom is -0.477 e. The molecular formula is C26H20N2O6. The summed E-state index contributed by atoms with van der Waals surface area (Å²) in [5.41, 5.74) is 1.54. The average Bonchev–Trinajstić information content (AvgIpc) is 3.38. The number of nitrogens with one attached hydrogen (secondary N) is 2. The number of carboxylic acid groups (broad SMARTS) is 1. The summed E-state index contributed by atoms with van der Waals surface area (Å²) in [6.45, 7) is 1.94. The third-order valence-corrected chi connectivity index (χ3v) is 6.40. The van der Waals surface area contributed by atoms with Crippen molar-refractivity contribution in [3.05, 3.63) is 71.0 Å². The van der Waals surface area contributed by atoms with E-state index in [1.54, 1.807) is 48.5 Å². The summed E-state index contributed by atoms with van der Waals surface area (Å²) >= 11 is 0. The largest absolute Gasteiger partial charge is 0.477 e. The standard InChI is InChI=1S/C26H20N2O6/c1-2-7-16-17(12-8-3-5-10-14(12)27-16)19-22(29)24(31)20(25(32)23(19)30)18-13-9-4-6-11-15(13)28-21(18)26(33)34/h3-6,8-11,19-20,27-28H,2,7H2,1H3,(H,33,34). The van der Waals surface area contributed by atoms with E-state index in [1.165, 1.54) is 0 Å². The summed E-state index contributed by atoms with van der Waals surface area (Å²) in [4.78, 5) is 71.4. The van der Waals surface area contributed by atoms with Crippen LogP contribution >= 0.6 is 0 Å². The second-order valence-corrected chi connectivity index (χ2v) is 8.40. The molecule has 170 valence electrons. The molecule has 0 unspecified atom stereocenters. The van der Waals surface area contributed by atoms with Crippen molar-refractivity contribution in [2.45, 2.75) is 31.6 Å². The Balaban J connectivity index is 1.68. The second kappa shape index (κ2) is 7.91. The second-order valence-electron chi connectivity index (χ2n) is 8.40. The van der Waals surface area contributed by atoms with Gasteiger partial charge in [-0.3, -0.25) is 19.2 Å². The monoisotopic (exact) mass is 456 g/mol. The zero-order valence-electron chi connectivity index (χ0n) is 18.2. The quantitative estimate of drug-likeness (QED) is 0.311. The summed E-state index contributed by atoms with van der Waals surface area (Å²) in [5.74, 6) is -8.89. The number of carboxylic acids is 1. The molecule has 5 rings (SSSR count). The Morgan fingerprint density at radius 2 is 1.24 bits per heavy atom. The van der Waals surface area contributed by atoms with Gasteiger partial charge in [0.05, 0.1) is 0 Å². The molecule has 0 saturated heterocycles. The molecule has 1 fully saturated rings. The number of Topliss-reactive ketones (excluding diaryl/α,β-unsaturated/α-hetero) is 4. The smallest absolute Gasteiger partial charge is 0.352 e. The maximum Gasteiger partial charge on any atom is 0.352 e. The third kappa shape index (κ3) is 3.02. The Morgan fingerprint density at radius 3 is 1.76 bits per heavy atom. The Kier molecular flexibility index (Phi) is 5.01. The molecule has 0 radical (unpaired) electrons. The molecule has 8 heteroatoms. The van der Waals surface area contributed by atoms with Crippen molar-refractivity contribution in [3.63, 3.8) is 0 Å². The minimum absolute atomic E-state index is 0.147. The van der Waals surface area contributed by atoms with Crippen LogP contribution in [0.3, 0.4) is 0 Å². The number of benzene rings is 2. The summed E-state index contributed by atoms with van der Waals surface area (Å²) in [5, 5.41) is 10.6. The maximum atomic E-state index is 13.4. The molecule has 0 bridgehead atoms. The fourth-order valence-corrected chi connectivity index (χ4v) is 4.96. The van der Waals surface area contributed by atoms with Gasteiger partial charge in [0.1, 0.15) is 17.5 Å². The molecule has 8 nitrogen and oxygen atoms in total. The van der Waals surface area contributed by atoms with Crippen LogP contribution in [-0.4, -0.2) is 44.2 Å². The summed E-state index contributed by atoms with van der Waals surface area (Å²) in [7, 11) is 0. The van der Waals surface area contributed by atoms with Crippen LogP contribution in [-0.2, 0) is 25.6 Å². The number of fused-ring (bicyclic) bond motifs is 2. The minimum atomic E-state index is -1.79. The Bertz CT molecular complexity index is 1510. The number of aromatic nitrogens is 2. The van der Waals surface area contributed by atoms with Gasteiger partial charge in [0.15, 0.2) is 0 Å². The van der Waals surface area contributed by atoms with Gasteiger partial charge in [0.2, 0.25) is 23.1 Å². The Morgan fingerprint density at radius 1 is 0.765 bits per heavy atom. The summed E-state index contributed by atoms with van der Waals surface area (Å²) < 4.78 is 0.